The van der Waals surface area contributed by atoms with Gasteiger partial charge < -0.3 is 10.4 Å². The number of fused-ring (bicyclic) bond motifs is 1. The summed E-state index contributed by atoms with van der Waals surface area (Å²) >= 11 is 1.51. The number of carbonyl (C=O) groups is 2. The van der Waals surface area contributed by atoms with E-state index in [4.69, 9.17) is 0 Å². The number of hydrogen-bond acceptors (Lipinski definition) is 3. The SMILES string of the molecule is O=C(NC(Cc1ccsc1)C(=O)O)c1ccc2c(c1)CC2. The summed E-state index contributed by atoms with van der Waals surface area (Å²) in [6, 6.07) is 6.53. The van der Waals surface area contributed by atoms with E-state index in [1.54, 1.807) is 6.07 Å². The zero-order valence-corrected chi connectivity index (χ0v) is 12.2. The molecule has 1 heterocycles. The fourth-order valence-electron chi connectivity index (χ4n) is 2.42. The molecule has 0 bridgehead atoms. The van der Waals surface area contributed by atoms with Crippen LogP contribution in [0.15, 0.2) is 35.0 Å². The minimum Gasteiger partial charge on any atom is -0.480 e. The van der Waals surface area contributed by atoms with E-state index in [1.165, 1.54) is 22.5 Å². The van der Waals surface area contributed by atoms with Gasteiger partial charge in [-0.2, -0.15) is 11.3 Å². The molecule has 5 heteroatoms. The summed E-state index contributed by atoms with van der Waals surface area (Å²) < 4.78 is 0. The maximum atomic E-state index is 12.2. The van der Waals surface area contributed by atoms with Crippen LogP contribution in [0.25, 0.3) is 0 Å². The van der Waals surface area contributed by atoms with Gasteiger partial charge in [-0.25, -0.2) is 4.79 Å². The first-order chi connectivity index (χ1) is 10.1. The minimum absolute atomic E-state index is 0.301. The van der Waals surface area contributed by atoms with E-state index in [0.717, 1.165) is 18.4 Å². The van der Waals surface area contributed by atoms with E-state index >= 15 is 0 Å². The van der Waals surface area contributed by atoms with E-state index in [2.05, 4.69) is 5.32 Å². The molecule has 1 aliphatic rings. The van der Waals surface area contributed by atoms with Crippen LogP contribution in [0.1, 0.15) is 27.0 Å². The van der Waals surface area contributed by atoms with Gasteiger partial charge in [-0.1, -0.05) is 6.07 Å². The van der Waals surface area contributed by atoms with Crippen molar-refractivity contribution in [3.63, 3.8) is 0 Å². The van der Waals surface area contributed by atoms with Gasteiger partial charge in [0.1, 0.15) is 6.04 Å². The lowest BCUT2D eigenvalue weighted by Gasteiger charge is -2.20. The Labute approximate surface area is 126 Å². The molecule has 1 aromatic carbocycles. The number of carbonyl (C=O) groups excluding carboxylic acids is 1. The van der Waals surface area contributed by atoms with Gasteiger partial charge >= 0.3 is 5.97 Å². The van der Waals surface area contributed by atoms with Crippen LogP contribution in [0.2, 0.25) is 0 Å². The molecule has 1 atom stereocenters. The van der Waals surface area contributed by atoms with Crippen molar-refractivity contribution in [1.29, 1.82) is 0 Å². The molecule has 2 N–H and O–H groups in total. The molecule has 0 saturated carbocycles. The van der Waals surface area contributed by atoms with Crippen LogP contribution >= 0.6 is 11.3 Å². The Hall–Kier alpha value is -2.14. The molecular formula is C16H15NO3S. The van der Waals surface area contributed by atoms with Crippen molar-refractivity contribution in [3.05, 3.63) is 57.3 Å². The molecule has 108 valence electrons. The molecule has 0 saturated heterocycles. The normalized spacial score (nSPS) is 13.9. The molecule has 1 amide bonds. The molecule has 21 heavy (non-hydrogen) atoms. The molecule has 1 aromatic heterocycles. The summed E-state index contributed by atoms with van der Waals surface area (Å²) in [6.45, 7) is 0. The van der Waals surface area contributed by atoms with Crippen molar-refractivity contribution in [2.45, 2.75) is 25.3 Å². The Bertz CT molecular complexity index is 679. The van der Waals surface area contributed by atoms with Crippen LogP contribution < -0.4 is 5.32 Å². The van der Waals surface area contributed by atoms with E-state index < -0.39 is 12.0 Å². The molecular weight excluding hydrogens is 286 g/mol. The van der Waals surface area contributed by atoms with E-state index in [-0.39, 0.29) is 5.91 Å². The molecule has 0 aliphatic heterocycles. The quantitative estimate of drug-likeness (QED) is 0.890. The van der Waals surface area contributed by atoms with Gasteiger partial charge in [-0.05, 0) is 58.5 Å². The highest BCUT2D eigenvalue weighted by molar-refractivity contribution is 7.07. The van der Waals surface area contributed by atoms with Gasteiger partial charge in [0, 0.05) is 12.0 Å². The summed E-state index contributed by atoms with van der Waals surface area (Å²) in [6.07, 6.45) is 2.36. The largest absolute Gasteiger partial charge is 0.480 e. The first-order valence-corrected chi connectivity index (χ1v) is 7.74. The predicted molar refractivity (Wildman–Crippen MR) is 80.8 cm³/mol. The number of hydrogen-bond donors (Lipinski definition) is 2. The summed E-state index contributed by atoms with van der Waals surface area (Å²) in [5, 5.41) is 15.7. The zero-order valence-electron chi connectivity index (χ0n) is 11.3. The number of benzene rings is 1. The van der Waals surface area contributed by atoms with Crippen molar-refractivity contribution >= 4 is 23.2 Å². The average Bonchev–Trinajstić information content (AvgIpc) is 2.92. The number of aryl methyl sites for hydroxylation is 2. The van der Waals surface area contributed by atoms with Crippen LogP contribution in [-0.4, -0.2) is 23.0 Å². The lowest BCUT2D eigenvalue weighted by Crippen LogP contribution is -2.42. The van der Waals surface area contributed by atoms with Crippen molar-refractivity contribution in [2.75, 3.05) is 0 Å². The van der Waals surface area contributed by atoms with Crippen molar-refractivity contribution in [3.8, 4) is 0 Å². The molecule has 0 fully saturated rings. The van der Waals surface area contributed by atoms with E-state index in [1.807, 2.05) is 29.0 Å². The van der Waals surface area contributed by atoms with Crippen LogP contribution in [0.5, 0.6) is 0 Å². The van der Waals surface area contributed by atoms with Gasteiger partial charge in [0.05, 0.1) is 0 Å². The summed E-state index contributed by atoms with van der Waals surface area (Å²) in [7, 11) is 0. The third-order valence-electron chi connectivity index (χ3n) is 3.76. The number of nitrogens with one attached hydrogen (secondary N) is 1. The lowest BCUT2D eigenvalue weighted by molar-refractivity contribution is -0.139. The summed E-state index contributed by atoms with van der Waals surface area (Å²) in [4.78, 5) is 23.5. The maximum absolute atomic E-state index is 12.2. The first kappa shape index (κ1) is 13.8. The van der Waals surface area contributed by atoms with E-state index in [9.17, 15) is 14.7 Å². The van der Waals surface area contributed by atoms with Gasteiger partial charge in [-0.15, -0.1) is 0 Å². The van der Waals surface area contributed by atoms with Crippen LogP contribution in [-0.2, 0) is 24.1 Å². The highest BCUT2D eigenvalue weighted by Crippen LogP contribution is 2.23. The number of carboxylic acid groups (broad SMARTS) is 1. The Kier molecular flexibility index (Phi) is 3.75. The molecule has 4 nitrogen and oxygen atoms in total. The molecule has 1 aliphatic carbocycles. The third-order valence-corrected chi connectivity index (χ3v) is 4.49. The Morgan fingerprint density at radius 2 is 2.05 bits per heavy atom. The lowest BCUT2D eigenvalue weighted by atomic mass is 9.87. The van der Waals surface area contributed by atoms with Gasteiger partial charge in [0.25, 0.3) is 5.91 Å². The number of amides is 1. The molecule has 0 radical (unpaired) electrons. The second kappa shape index (κ2) is 5.69. The van der Waals surface area contributed by atoms with Crippen LogP contribution in [0.3, 0.4) is 0 Å². The van der Waals surface area contributed by atoms with Gasteiger partial charge in [0.15, 0.2) is 0 Å². The minimum atomic E-state index is -1.02. The number of rotatable bonds is 5. The summed E-state index contributed by atoms with van der Waals surface area (Å²) in [5.74, 6) is -1.34. The third kappa shape index (κ3) is 2.97. The monoisotopic (exact) mass is 301 g/mol. The van der Waals surface area contributed by atoms with Crippen LogP contribution in [0.4, 0.5) is 0 Å². The van der Waals surface area contributed by atoms with E-state index in [0.29, 0.717) is 12.0 Å². The fraction of sp³-hybridized carbons (Fsp3) is 0.250. The van der Waals surface area contributed by atoms with Gasteiger partial charge in [-0.3, -0.25) is 4.79 Å². The van der Waals surface area contributed by atoms with Crippen molar-refractivity contribution in [2.24, 2.45) is 0 Å². The Morgan fingerprint density at radius 3 is 2.62 bits per heavy atom. The first-order valence-electron chi connectivity index (χ1n) is 6.80. The second-order valence-electron chi connectivity index (χ2n) is 5.18. The Balaban J connectivity index is 1.71. The highest BCUT2D eigenvalue weighted by Gasteiger charge is 2.22. The standard InChI is InChI=1S/C16H15NO3S/c18-15(13-4-2-11-1-3-12(11)8-13)17-14(16(19)20)7-10-5-6-21-9-10/h2,4-6,8-9,14H,1,3,7H2,(H,17,18)(H,19,20). The maximum Gasteiger partial charge on any atom is 0.326 e. The molecule has 2 aromatic rings. The van der Waals surface area contributed by atoms with Crippen LogP contribution in [0, 0.1) is 0 Å². The molecule has 3 rings (SSSR count). The smallest absolute Gasteiger partial charge is 0.326 e. The van der Waals surface area contributed by atoms with Gasteiger partial charge in [0.2, 0.25) is 0 Å². The Morgan fingerprint density at radius 1 is 1.24 bits per heavy atom. The molecule has 1 unspecified atom stereocenters. The average molecular weight is 301 g/mol. The topological polar surface area (TPSA) is 66.4 Å². The fourth-order valence-corrected chi connectivity index (χ4v) is 3.10. The number of thiophene rings is 1. The number of aliphatic carboxylic acids is 1. The second-order valence-corrected chi connectivity index (χ2v) is 5.96. The highest BCUT2D eigenvalue weighted by atomic mass is 32.1. The number of carboxylic acids is 1. The molecule has 0 spiro atoms. The predicted octanol–water partition coefficient (Wildman–Crippen LogP) is 2.27. The zero-order chi connectivity index (χ0) is 14.8. The van der Waals surface area contributed by atoms with Crippen molar-refractivity contribution in [1.82, 2.24) is 5.32 Å². The van der Waals surface area contributed by atoms with Crippen molar-refractivity contribution < 1.29 is 14.7 Å². The summed E-state index contributed by atoms with van der Waals surface area (Å²) in [5.41, 5.74) is 3.92.